The van der Waals surface area contributed by atoms with E-state index in [2.05, 4.69) is 0 Å². The topological polar surface area (TPSA) is 49.9 Å². The van der Waals surface area contributed by atoms with E-state index in [1.807, 2.05) is 24.3 Å². The molecular weight excluding hydrogens is 347 g/mol. The monoisotopic (exact) mass is 370 g/mol. The molecule has 1 aliphatic rings. The van der Waals surface area contributed by atoms with Crippen LogP contribution >= 0.6 is 0 Å². The predicted molar refractivity (Wildman–Crippen MR) is 99.6 cm³/mol. The normalized spacial score (nSPS) is 17.4. The molecule has 0 N–H and O–H groups in total. The van der Waals surface area contributed by atoms with Gasteiger partial charge in [-0.3, -0.25) is 9.59 Å². The minimum Gasteiger partial charge on any atom is -0.497 e. The summed E-state index contributed by atoms with van der Waals surface area (Å²) in [5.41, 5.74) is 1.87. The van der Waals surface area contributed by atoms with Gasteiger partial charge in [0.1, 0.15) is 24.2 Å². The maximum atomic E-state index is 14.3. The van der Waals surface area contributed by atoms with Crippen LogP contribution in [0.15, 0.2) is 42.5 Å². The average molecular weight is 370 g/mol. The van der Waals surface area contributed by atoms with E-state index in [0.717, 1.165) is 11.3 Å². The number of piperazine rings is 1. The third kappa shape index (κ3) is 3.94. The highest BCUT2D eigenvalue weighted by molar-refractivity contribution is 5.94. The second-order valence-corrected chi connectivity index (χ2v) is 6.79. The average Bonchev–Trinajstić information content (AvgIpc) is 2.67. The Morgan fingerprint density at radius 2 is 1.81 bits per heavy atom. The third-order valence-corrected chi connectivity index (χ3v) is 4.93. The fourth-order valence-corrected chi connectivity index (χ4v) is 3.27. The van der Waals surface area contributed by atoms with Gasteiger partial charge in [0.15, 0.2) is 0 Å². The molecule has 1 atom stereocenters. The Hall–Kier alpha value is -2.89. The first-order valence-corrected chi connectivity index (χ1v) is 8.86. The van der Waals surface area contributed by atoms with Gasteiger partial charge in [0, 0.05) is 18.7 Å². The van der Waals surface area contributed by atoms with Crippen molar-refractivity contribution in [2.45, 2.75) is 33.0 Å². The molecule has 1 saturated heterocycles. The van der Waals surface area contributed by atoms with Crippen LogP contribution < -0.4 is 4.74 Å². The molecule has 0 unspecified atom stereocenters. The largest absolute Gasteiger partial charge is 0.497 e. The third-order valence-electron chi connectivity index (χ3n) is 4.93. The molecule has 1 fully saturated rings. The van der Waals surface area contributed by atoms with E-state index in [1.54, 1.807) is 39.2 Å². The minimum atomic E-state index is -0.635. The van der Waals surface area contributed by atoms with Crippen molar-refractivity contribution >= 4 is 11.8 Å². The van der Waals surface area contributed by atoms with Crippen molar-refractivity contribution in [3.63, 3.8) is 0 Å². The maximum absolute atomic E-state index is 14.3. The number of benzene rings is 2. The number of nitrogens with zero attached hydrogens (tertiary/aromatic N) is 2. The van der Waals surface area contributed by atoms with Crippen LogP contribution in [0.3, 0.4) is 0 Å². The predicted octanol–water partition coefficient (Wildman–Crippen LogP) is 2.90. The lowest BCUT2D eigenvalue weighted by molar-refractivity contribution is -0.156. The first kappa shape index (κ1) is 18.9. The van der Waals surface area contributed by atoms with Crippen LogP contribution in [0, 0.1) is 12.7 Å². The van der Waals surface area contributed by atoms with Gasteiger partial charge in [0.2, 0.25) is 11.8 Å². The summed E-state index contributed by atoms with van der Waals surface area (Å²) in [6, 6.07) is 11.8. The zero-order chi connectivity index (χ0) is 19.6. The van der Waals surface area contributed by atoms with Crippen LogP contribution in [0.25, 0.3) is 0 Å². The Morgan fingerprint density at radius 1 is 1.11 bits per heavy atom. The van der Waals surface area contributed by atoms with E-state index < -0.39 is 6.04 Å². The van der Waals surface area contributed by atoms with E-state index in [9.17, 15) is 14.0 Å². The smallest absolute Gasteiger partial charge is 0.245 e. The van der Waals surface area contributed by atoms with Gasteiger partial charge in [-0.1, -0.05) is 30.3 Å². The van der Waals surface area contributed by atoms with Crippen molar-refractivity contribution in [2.24, 2.45) is 0 Å². The van der Waals surface area contributed by atoms with E-state index in [1.165, 1.54) is 9.80 Å². The molecule has 2 aromatic rings. The van der Waals surface area contributed by atoms with Crippen molar-refractivity contribution in [2.75, 3.05) is 13.7 Å². The molecule has 0 aromatic heterocycles. The molecular formula is C21H23FN2O3. The number of hydrogen-bond donors (Lipinski definition) is 0. The molecule has 142 valence electrons. The van der Waals surface area contributed by atoms with Gasteiger partial charge in [-0.05, 0) is 37.1 Å². The summed E-state index contributed by atoms with van der Waals surface area (Å²) in [4.78, 5) is 28.4. The molecule has 2 amide bonds. The van der Waals surface area contributed by atoms with Crippen LogP contribution in [0.2, 0.25) is 0 Å². The van der Waals surface area contributed by atoms with E-state index in [-0.39, 0.29) is 30.7 Å². The maximum Gasteiger partial charge on any atom is 0.245 e. The Balaban J connectivity index is 1.72. The molecule has 6 heteroatoms. The Labute approximate surface area is 158 Å². The Morgan fingerprint density at radius 3 is 2.48 bits per heavy atom. The number of amides is 2. The van der Waals surface area contributed by atoms with E-state index >= 15 is 0 Å². The number of rotatable bonds is 5. The zero-order valence-corrected chi connectivity index (χ0v) is 15.7. The van der Waals surface area contributed by atoms with Crippen molar-refractivity contribution in [1.29, 1.82) is 0 Å². The van der Waals surface area contributed by atoms with Crippen molar-refractivity contribution in [1.82, 2.24) is 9.80 Å². The van der Waals surface area contributed by atoms with Crippen molar-refractivity contribution in [3.05, 3.63) is 65.0 Å². The van der Waals surface area contributed by atoms with Gasteiger partial charge in [-0.25, -0.2) is 4.39 Å². The van der Waals surface area contributed by atoms with Gasteiger partial charge >= 0.3 is 0 Å². The highest BCUT2D eigenvalue weighted by Crippen LogP contribution is 2.21. The fourth-order valence-electron chi connectivity index (χ4n) is 3.27. The highest BCUT2D eigenvalue weighted by atomic mass is 19.1. The summed E-state index contributed by atoms with van der Waals surface area (Å²) in [5, 5.41) is 0. The number of aryl methyl sites for hydroxylation is 1. The van der Waals surface area contributed by atoms with Gasteiger partial charge in [0.05, 0.1) is 7.11 Å². The number of carbonyl (C=O) groups excluding carboxylic acids is 2. The molecule has 1 aliphatic heterocycles. The molecule has 0 aliphatic carbocycles. The van der Waals surface area contributed by atoms with Gasteiger partial charge in [-0.15, -0.1) is 0 Å². The molecule has 2 aromatic carbocycles. The molecule has 3 rings (SSSR count). The number of methoxy groups -OCH3 is 1. The molecule has 0 saturated carbocycles. The first-order chi connectivity index (χ1) is 12.9. The van der Waals surface area contributed by atoms with Gasteiger partial charge in [-0.2, -0.15) is 0 Å². The van der Waals surface area contributed by atoms with Crippen LogP contribution in [0.1, 0.15) is 23.6 Å². The molecule has 0 spiro atoms. The molecule has 5 nitrogen and oxygen atoms in total. The van der Waals surface area contributed by atoms with Gasteiger partial charge < -0.3 is 14.5 Å². The van der Waals surface area contributed by atoms with Crippen LogP contribution in [0.5, 0.6) is 5.75 Å². The van der Waals surface area contributed by atoms with Crippen LogP contribution in [0.4, 0.5) is 4.39 Å². The SMILES string of the molecule is COc1ccc(CN2CC(=O)N(Cc3cccc(C)c3F)[C@@H](C)C2=O)cc1. The molecule has 1 heterocycles. The lowest BCUT2D eigenvalue weighted by atomic mass is 10.1. The summed E-state index contributed by atoms with van der Waals surface area (Å²) in [7, 11) is 1.59. The van der Waals surface area contributed by atoms with Crippen LogP contribution in [-0.2, 0) is 22.7 Å². The lowest BCUT2D eigenvalue weighted by Crippen LogP contribution is -2.58. The summed E-state index contributed by atoms with van der Waals surface area (Å²) >= 11 is 0. The second-order valence-electron chi connectivity index (χ2n) is 6.79. The molecule has 0 radical (unpaired) electrons. The fraction of sp³-hybridized carbons (Fsp3) is 0.333. The molecule has 0 bridgehead atoms. The number of halogens is 1. The number of ether oxygens (including phenoxy) is 1. The summed E-state index contributed by atoms with van der Waals surface area (Å²) in [6.07, 6.45) is 0. The zero-order valence-electron chi connectivity index (χ0n) is 15.7. The quantitative estimate of drug-likeness (QED) is 0.813. The number of hydrogen-bond acceptors (Lipinski definition) is 3. The Kier molecular flexibility index (Phi) is 5.44. The molecule has 27 heavy (non-hydrogen) atoms. The highest BCUT2D eigenvalue weighted by Gasteiger charge is 2.36. The van der Waals surface area contributed by atoms with E-state index in [4.69, 9.17) is 4.74 Å². The minimum absolute atomic E-state index is 0.0113. The summed E-state index contributed by atoms with van der Waals surface area (Å²) in [6.45, 7) is 3.81. The number of carbonyl (C=O) groups is 2. The van der Waals surface area contributed by atoms with E-state index in [0.29, 0.717) is 17.7 Å². The second kappa shape index (κ2) is 7.78. The van der Waals surface area contributed by atoms with Gasteiger partial charge in [0.25, 0.3) is 0 Å². The lowest BCUT2D eigenvalue weighted by Gasteiger charge is -2.39. The Bertz CT molecular complexity index is 851. The van der Waals surface area contributed by atoms with Crippen LogP contribution in [-0.4, -0.2) is 41.3 Å². The first-order valence-electron chi connectivity index (χ1n) is 8.86. The summed E-state index contributed by atoms with van der Waals surface area (Å²) in [5.74, 6) is 0.0835. The van der Waals surface area contributed by atoms with Crippen molar-refractivity contribution in [3.8, 4) is 5.75 Å². The standard InChI is InChI=1S/C21H23FN2O3/c1-14-5-4-6-17(20(14)22)12-24-15(2)21(26)23(13-19(24)25)11-16-7-9-18(27-3)10-8-16/h4-10,15H,11-13H2,1-3H3/t15-/m0/s1. The summed E-state index contributed by atoms with van der Waals surface area (Å²) < 4.78 is 19.4. The van der Waals surface area contributed by atoms with Crippen molar-refractivity contribution < 1.29 is 18.7 Å².